The van der Waals surface area contributed by atoms with E-state index in [9.17, 15) is 14.4 Å². The molecule has 0 spiro atoms. The highest BCUT2D eigenvalue weighted by atomic mass is 16.5. The Morgan fingerprint density at radius 2 is 1.67 bits per heavy atom. The molecule has 0 atom stereocenters. The Morgan fingerprint density at radius 1 is 1.00 bits per heavy atom. The number of nitrogens with one attached hydrogen (secondary N) is 1. The van der Waals surface area contributed by atoms with Gasteiger partial charge in [0.05, 0.1) is 7.11 Å². The second-order valence-corrected chi connectivity index (χ2v) is 6.30. The van der Waals surface area contributed by atoms with Crippen molar-refractivity contribution in [3.05, 3.63) is 54.1 Å². The lowest BCUT2D eigenvalue weighted by Crippen LogP contribution is -2.56. The van der Waals surface area contributed by atoms with E-state index < -0.39 is 11.8 Å². The van der Waals surface area contributed by atoms with Crippen LogP contribution >= 0.6 is 0 Å². The Bertz CT molecular complexity index is 847. The first-order chi connectivity index (χ1) is 13.0. The zero-order chi connectivity index (χ0) is 19.4. The van der Waals surface area contributed by atoms with Gasteiger partial charge in [-0.3, -0.25) is 14.4 Å². The van der Waals surface area contributed by atoms with Gasteiger partial charge in [-0.15, -0.1) is 0 Å². The SMILES string of the molecule is COc1ccc(N2CCN(CC(=O)Nc3ccc(C)cc3)C(=O)C2=O)cc1. The maximum Gasteiger partial charge on any atom is 0.316 e. The van der Waals surface area contributed by atoms with Crippen LogP contribution in [0.15, 0.2) is 48.5 Å². The number of ether oxygens (including phenoxy) is 1. The van der Waals surface area contributed by atoms with Gasteiger partial charge in [0.15, 0.2) is 0 Å². The molecule has 2 aromatic carbocycles. The number of methoxy groups -OCH3 is 1. The van der Waals surface area contributed by atoms with Crippen molar-refractivity contribution < 1.29 is 19.1 Å². The largest absolute Gasteiger partial charge is 0.497 e. The predicted molar refractivity (Wildman–Crippen MR) is 102 cm³/mol. The van der Waals surface area contributed by atoms with Crippen LogP contribution in [0.2, 0.25) is 0 Å². The van der Waals surface area contributed by atoms with Gasteiger partial charge in [0, 0.05) is 24.5 Å². The van der Waals surface area contributed by atoms with Gasteiger partial charge < -0.3 is 19.9 Å². The number of nitrogens with zero attached hydrogens (tertiary/aromatic N) is 2. The maximum atomic E-state index is 12.4. The number of anilines is 2. The first-order valence-corrected chi connectivity index (χ1v) is 8.59. The molecule has 27 heavy (non-hydrogen) atoms. The van der Waals surface area contributed by atoms with E-state index in [0.717, 1.165) is 5.56 Å². The minimum absolute atomic E-state index is 0.158. The van der Waals surface area contributed by atoms with E-state index in [4.69, 9.17) is 4.74 Å². The van der Waals surface area contributed by atoms with Gasteiger partial charge in [0.2, 0.25) is 5.91 Å². The summed E-state index contributed by atoms with van der Waals surface area (Å²) in [5.41, 5.74) is 2.36. The van der Waals surface area contributed by atoms with Gasteiger partial charge in [0.1, 0.15) is 12.3 Å². The Labute approximate surface area is 157 Å². The van der Waals surface area contributed by atoms with Gasteiger partial charge in [-0.2, -0.15) is 0 Å². The van der Waals surface area contributed by atoms with Gasteiger partial charge in [-0.1, -0.05) is 17.7 Å². The first-order valence-electron chi connectivity index (χ1n) is 8.59. The van der Waals surface area contributed by atoms with Crippen LogP contribution in [0, 0.1) is 6.92 Å². The van der Waals surface area contributed by atoms with Crippen LogP contribution in [-0.4, -0.2) is 49.4 Å². The van der Waals surface area contributed by atoms with Gasteiger partial charge in [-0.25, -0.2) is 0 Å². The number of rotatable bonds is 5. The summed E-state index contributed by atoms with van der Waals surface area (Å²) in [6.07, 6.45) is 0. The van der Waals surface area contributed by atoms with Gasteiger partial charge in [0.25, 0.3) is 0 Å². The average molecular weight is 367 g/mol. The lowest BCUT2D eigenvalue weighted by molar-refractivity contribution is -0.147. The molecule has 0 saturated carbocycles. The third-order valence-corrected chi connectivity index (χ3v) is 4.36. The zero-order valence-electron chi connectivity index (χ0n) is 15.3. The highest BCUT2D eigenvalue weighted by Crippen LogP contribution is 2.21. The Balaban J connectivity index is 1.61. The molecule has 0 radical (unpaired) electrons. The normalized spacial score (nSPS) is 14.3. The van der Waals surface area contributed by atoms with Crippen molar-refractivity contribution in [2.45, 2.75) is 6.92 Å². The van der Waals surface area contributed by atoms with Crippen molar-refractivity contribution in [2.24, 2.45) is 0 Å². The molecule has 1 fully saturated rings. The molecule has 0 unspecified atom stereocenters. The van der Waals surface area contributed by atoms with E-state index in [2.05, 4.69) is 5.32 Å². The molecule has 7 heteroatoms. The Kier molecular flexibility index (Phi) is 5.40. The minimum Gasteiger partial charge on any atom is -0.497 e. The number of benzene rings is 2. The van der Waals surface area contributed by atoms with Crippen molar-refractivity contribution in [3.8, 4) is 5.75 Å². The molecular formula is C20H21N3O4. The predicted octanol–water partition coefficient (Wildman–Crippen LogP) is 1.82. The van der Waals surface area contributed by atoms with Crippen LogP contribution in [0.3, 0.4) is 0 Å². The molecule has 1 saturated heterocycles. The molecular weight excluding hydrogens is 346 g/mol. The number of carbonyl (C=O) groups is 3. The summed E-state index contributed by atoms with van der Waals surface area (Å²) >= 11 is 0. The minimum atomic E-state index is -0.684. The van der Waals surface area contributed by atoms with Crippen LogP contribution in [0.1, 0.15) is 5.56 Å². The molecule has 3 amide bonds. The monoisotopic (exact) mass is 367 g/mol. The van der Waals surface area contributed by atoms with Crippen molar-refractivity contribution in [1.82, 2.24) is 4.90 Å². The summed E-state index contributed by atoms with van der Waals surface area (Å²) in [5.74, 6) is -0.993. The smallest absolute Gasteiger partial charge is 0.316 e. The summed E-state index contributed by atoms with van der Waals surface area (Å²) in [4.78, 5) is 39.7. The number of hydrogen-bond acceptors (Lipinski definition) is 4. The van der Waals surface area contributed by atoms with Crippen LogP contribution in [0.25, 0.3) is 0 Å². The molecule has 2 aromatic rings. The lowest BCUT2D eigenvalue weighted by Gasteiger charge is -2.33. The molecule has 0 bridgehead atoms. The number of hydrogen-bond donors (Lipinski definition) is 1. The summed E-state index contributed by atoms with van der Waals surface area (Å²) in [7, 11) is 1.56. The average Bonchev–Trinajstić information content (AvgIpc) is 2.68. The summed E-state index contributed by atoms with van der Waals surface area (Å²) in [5, 5.41) is 2.74. The third kappa shape index (κ3) is 4.25. The second-order valence-electron chi connectivity index (χ2n) is 6.30. The van der Waals surface area contributed by atoms with Crippen molar-refractivity contribution in [3.63, 3.8) is 0 Å². The fraction of sp³-hybridized carbons (Fsp3) is 0.250. The number of carbonyl (C=O) groups excluding carboxylic acids is 3. The highest BCUT2D eigenvalue weighted by Gasteiger charge is 2.34. The second kappa shape index (κ2) is 7.90. The number of aryl methyl sites for hydroxylation is 1. The highest BCUT2D eigenvalue weighted by molar-refractivity contribution is 6.41. The molecule has 7 nitrogen and oxygen atoms in total. The van der Waals surface area contributed by atoms with Gasteiger partial charge >= 0.3 is 11.8 Å². The van der Waals surface area contributed by atoms with Crippen molar-refractivity contribution in [1.29, 1.82) is 0 Å². The van der Waals surface area contributed by atoms with Gasteiger partial charge in [-0.05, 0) is 43.3 Å². The van der Waals surface area contributed by atoms with Crippen molar-refractivity contribution in [2.75, 3.05) is 37.0 Å². The fourth-order valence-corrected chi connectivity index (χ4v) is 2.84. The Hall–Kier alpha value is -3.35. The maximum absolute atomic E-state index is 12.4. The fourth-order valence-electron chi connectivity index (χ4n) is 2.84. The molecule has 1 aliphatic rings. The lowest BCUT2D eigenvalue weighted by atomic mass is 10.2. The van der Waals surface area contributed by atoms with E-state index >= 15 is 0 Å². The third-order valence-electron chi connectivity index (χ3n) is 4.36. The van der Waals surface area contributed by atoms with Crippen molar-refractivity contribution >= 4 is 29.1 Å². The van der Waals surface area contributed by atoms with E-state index in [-0.39, 0.29) is 19.0 Å². The van der Waals surface area contributed by atoms with Crippen LogP contribution in [0.5, 0.6) is 5.75 Å². The molecule has 1 aliphatic heterocycles. The topological polar surface area (TPSA) is 79.0 Å². The molecule has 1 heterocycles. The van der Waals surface area contributed by atoms with Crippen LogP contribution in [0.4, 0.5) is 11.4 Å². The summed E-state index contributed by atoms with van der Waals surface area (Å²) in [6.45, 7) is 2.42. The zero-order valence-corrected chi connectivity index (χ0v) is 15.3. The molecule has 0 aliphatic carbocycles. The van der Waals surface area contributed by atoms with E-state index in [0.29, 0.717) is 23.7 Å². The first kappa shape index (κ1) is 18.4. The number of piperazine rings is 1. The van der Waals surface area contributed by atoms with Crippen LogP contribution < -0.4 is 15.0 Å². The molecule has 140 valence electrons. The summed E-state index contributed by atoms with van der Waals surface area (Å²) < 4.78 is 5.10. The standard InChI is InChI=1S/C20H21N3O4/c1-14-3-5-15(6-4-14)21-18(24)13-22-11-12-23(20(26)19(22)25)16-7-9-17(27-2)10-8-16/h3-10H,11-13H2,1-2H3,(H,21,24). The van der Waals surface area contributed by atoms with E-state index in [1.165, 1.54) is 9.80 Å². The summed E-state index contributed by atoms with van der Waals surface area (Å²) in [6, 6.07) is 14.3. The molecule has 1 N–H and O–H groups in total. The van der Waals surface area contributed by atoms with E-state index in [1.807, 2.05) is 19.1 Å². The van der Waals surface area contributed by atoms with E-state index in [1.54, 1.807) is 43.5 Å². The molecule has 3 rings (SSSR count). The number of amides is 3. The molecule has 0 aromatic heterocycles. The Morgan fingerprint density at radius 3 is 2.30 bits per heavy atom. The van der Waals surface area contributed by atoms with Crippen LogP contribution in [-0.2, 0) is 14.4 Å². The quantitative estimate of drug-likeness (QED) is 0.818.